The van der Waals surface area contributed by atoms with Crippen LogP contribution >= 0.6 is 0 Å². The summed E-state index contributed by atoms with van der Waals surface area (Å²) in [5, 5.41) is 40.9. The van der Waals surface area contributed by atoms with Gasteiger partial charge in [0.25, 0.3) is 0 Å². The molecule has 1 aromatic carbocycles. The first-order valence-corrected chi connectivity index (χ1v) is 8.81. The van der Waals surface area contributed by atoms with Gasteiger partial charge in [0.2, 0.25) is 11.5 Å². The van der Waals surface area contributed by atoms with Crippen LogP contribution in [0.1, 0.15) is 36.7 Å². The van der Waals surface area contributed by atoms with Gasteiger partial charge < -0.3 is 34.6 Å². The Morgan fingerprint density at radius 3 is 2.41 bits per heavy atom. The number of cyclic esters (lactones) is 1. The molecule has 3 atom stereocenters. The molecule has 29 heavy (non-hydrogen) atoms. The number of allylic oxidation sites excluding steroid dienone is 1. The van der Waals surface area contributed by atoms with Gasteiger partial charge in [0, 0.05) is 5.41 Å². The van der Waals surface area contributed by atoms with Crippen molar-refractivity contribution in [1.29, 1.82) is 0 Å². The van der Waals surface area contributed by atoms with E-state index in [1.54, 1.807) is 19.1 Å². The van der Waals surface area contributed by atoms with E-state index in [0.717, 1.165) is 0 Å². The number of hydrogen-bond donors (Lipinski definition) is 4. The highest BCUT2D eigenvalue weighted by Crippen LogP contribution is 2.60. The van der Waals surface area contributed by atoms with E-state index in [0.29, 0.717) is 5.56 Å². The zero-order valence-corrected chi connectivity index (χ0v) is 16.3. The van der Waals surface area contributed by atoms with Gasteiger partial charge in [-0.05, 0) is 18.6 Å². The van der Waals surface area contributed by atoms with Crippen LogP contribution in [-0.2, 0) is 14.3 Å². The molecular weight excluding hydrogens is 384 g/mol. The summed E-state index contributed by atoms with van der Waals surface area (Å²) in [4.78, 5) is 24.8. The van der Waals surface area contributed by atoms with E-state index >= 15 is 0 Å². The lowest BCUT2D eigenvalue weighted by atomic mass is 10.0. The van der Waals surface area contributed by atoms with Gasteiger partial charge in [0.15, 0.2) is 17.6 Å². The molecule has 2 aliphatic rings. The van der Waals surface area contributed by atoms with Crippen molar-refractivity contribution in [2.45, 2.75) is 38.6 Å². The van der Waals surface area contributed by atoms with E-state index in [1.807, 2.05) is 0 Å². The molecule has 1 heterocycles. The van der Waals surface area contributed by atoms with Gasteiger partial charge in [-0.1, -0.05) is 32.1 Å². The molecule has 0 saturated heterocycles. The Kier molecular flexibility index (Phi) is 4.84. The average molecular weight is 406 g/mol. The number of methoxy groups -OCH3 is 1. The minimum atomic E-state index is -1.95. The van der Waals surface area contributed by atoms with Crippen molar-refractivity contribution < 1.29 is 44.2 Å². The Morgan fingerprint density at radius 2 is 1.90 bits per heavy atom. The summed E-state index contributed by atoms with van der Waals surface area (Å²) in [6.07, 6.45) is 0.358. The molecule has 0 spiro atoms. The Morgan fingerprint density at radius 1 is 1.28 bits per heavy atom. The first-order chi connectivity index (χ1) is 13.5. The summed E-state index contributed by atoms with van der Waals surface area (Å²) in [7, 11) is 1.25. The molecule has 9 nitrogen and oxygen atoms in total. The van der Waals surface area contributed by atoms with Gasteiger partial charge >= 0.3 is 11.9 Å². The van der Waals surface area contributed by atoms with Gasteiger partial charge in [0.05, 0.1) is 13.2 Å². The zero-order chi connectivity index (χ0) is 21.7. The summed E-state index contributed by atoms with van der Waals surface area (Å²) < 4.78 is 15.3. The van der Waals surface area contributed by atoms with Gasteiger partial charge in [-0.15, -0.1) is 0 Å². The van der Waals surface area contributed by atoms with Crippen LogP contribution in [0.3, 0.4) is 0 Å². The predicted molar refractivity (Wildman–Crippen MR) is 99.1 cm³/mol. The van der Waals surface area contributed by atoms with Crippen LogP contribution in [0.5, 0.6) is 11.5 Å². The van der Waals surface area contributed by atoms with E-state index in [9.17, 15) is 30.0 Å². The van der Waals surface area contributed by atoms with Crippen LogP contribution in [0.4, 0.5) is 0 Å². The van der Waals surface area contributed by atoms with Crippen LogP contribution in [-0.4, -0.2) is 57.3 Å². The second kappa shape index (κ2) is 6.78. The van der Waals surface area contributed by atoms with E-state index in [2.05, 4.69) is 0 Å². The molecule has 0 aromatic heterocycles. The lowest BCUT2D eigenvalue weighted by Crippen LogP contribution is -2.37. The number of aliphatic hydroxyl groups excluding tert-OH is 2. The fraction of sp³-hybridized carbons (Fsp3) is 0.400. The molecule has 1 aliphatic heterocycles. The third-order valence-electron chi connectivity index (χ3n) is 5.47. The highest BCUT2D eigenvalue weighted by Gasteiger charge is 2.78. The predicted octanol–water partition coefficient (Wildman–Crippen LogP) is 1.42. The smallest absolute Gasteiger partial charge is 0.378 e. The molecule has 1 saturated carbocycles. The highest BCUT2D eigenvalue weighted by atomic mass is 16.6. The molecule has 1 aromatic rings. The lowest BCUT2D eigenvalue weighted by Gasteiger charge is -2.22. The number of benzene rings is 1. The third kappa shape index (κ3) is 2.85. The SMILES string of the molecule is CC=Cc1ccc(O)c(OC)c1C(=O)OC1=C(O)C(=O)O[C@@H]1[C@@]1(O)C(O)C1(C)C. The Bertz CT molecular complexity index is 944. The highest BCUT2D eigenvalue weighted by molar-refractivity contribution is 5.99. The molecule has 3 rings (SSSR count). The van der Waals surface area contributed by atoms with E-state index in [4.69, 9.17) is 14.2 Å². The normalized spacial score (nSPS) is 27.9. The first-order valence-electron chi connectivity index (χ1n) is 8.81. The van der Waals surface area contributed by atoms with Crippen molar-refractivity contribution in [1.82, 2.24) is 0 Å². The lowest BCUT2D eigenvalue weighted by molar-refractivity contribution is -0.150. The number of hydrogen-bond acceptors (Lipinski definition) is 9. The molecule has 1 unspecified atom stereocenters. The largest absolute Gasteiger partial charge is 0.504 e. The Hall–Kier alpha value is -3.04. The Labute approximate surface area is 166 Å². The number of aliphatic hydroxyl groups is 3. The topological polar surface area (TPSA) is 143 Å². The molecule has 4 N–H and O–H groups in total. The standard InChI is InChI=1S/C20H22O9/c1-5-6-9-7-8-10(21)13(27-4)11(9)16(23)28-14-12(22)17(24)29-15(14)20(26)18(25)19(20,2)3/h5-8,15,18,21-22,25-26H,1-4H3/t15-,18?,20+/m0/s1. The monoisotopic (exact) mass is 406 g/mol. The number of aromatic hydroxyl groups is 1. The third-order valence-corrected chi connectivity index (χ3v) is 5.47. The second-order valence-corrected chi connectivity index (χ2v) is 7.42. The number of carbonyl (C=O) groups excluding carboxylic acids is 2. The summed E-state index contributed by atoms with van der Waals surface area (Å²) in [6, 6.07) is 2.79. The Balaban J connectivity index is 2.02. The maximum atomic E-state index is 12.9. The fourth-order valence-electron chi connectivity index (χ4n) is 3.53. The average Bonchev–Trinajstić information content (AvgIpc) is 2.91. The van der Waals surface area contributed by atoms with Crippen LogP contribution < -0.4 is 4.74 Å². The number of phenolic OH excluding ortho intramolecular Hbond substituents is 1. The maximum Gasteiger partial charge on any atom is 0.378 e. The van der Waals surface area contributed by atoms with E-state index < -0.39 is 46.7 Å². The van der Waals surface area contributed by atoms with Crippen molar-refractivity contribution in [3.05, 3.63) is 40.9 Å². The molecule has 1 fully saturated rings. The quantitative estimate of drug-likeness (QED) is 0.534. The number of ether oxygens (including phenoxy) is 3. The second-order valence-electron chi connectivity index (χ2n) is 7.42. The number of esters is 2. The maximum absolute atomic E-state index is 12.9. The van der Waals surface area contributed by atoms with Crippen LogP contribution in [0.15, 0.2) is 29.7 Å². The van der Waals surface area contributed by atoms with Crippen molar-refractivity contribution in [3.8, 4) is 11.5 Å². The number of rotatable bonds is 5. The molecule has 1 aliphatic carbocycles. The number of phenols is 1. The van der Waals surface area contributed by atoms with Crippen LogP contribution in [0.25, 0.3) is 6.08 Å². The van der Waals surface area contributed by atoms with Crippen LogP contribution in [0, 0.1) is 5.41 Å². The van der Waals surface area contributed by atoms with E-state index in [1.165, 1.54) is 33.1 Å². The van der Waals surface area contributed by atoms with Gasteiger partial charge in [-0.2, -0.15) is 0 Å². The van der Waals surface area contributed by atoms with Gasteiger partial charge in [-0.25, -0.2) is 9.59 Å². The summed E-state index contributed by atoms with van der Waals surface area (Å²) in [5.41, 5.74) is -2.83. The molecule has 156 valence electrons. The molecule has 9 heteroatoms. The van der Waals surface area contributed by atoms with Crippen molar-refractivity contribution in [2.75, 3.05) is 7.11 Å². The first kappa shape index (κ1) is 20.7. The van der Waals surface area contributed by atoms with Crippen molar-refractivity contribution in [2.24, 2.45) is 5.41 Å². The molecule has 0 radical (unpaired) electrons. The molecule has 0 amide bonds. The summed E-state index contributed by atoms with van der Waals surface area (Å²) in [6.45, 7) is 4.78. The zero-order valence-electron chi connectivity index (χ0n) is 16.3. The van der Waals surface area contributed by atoms with Crippen molar-refractivity contribution in [3.63, 3.8) is 0 Å². The number of carbonyl (C=O) groups is 2. The summed E-state index contributed by atoms with van der Waals surface area (Å²) in [5.74, 6) is -4.36. The minimum Gasteiger partial charge on any atom is -0.504 e. The summed E-state index contributed by atoms with van der Waals surface area (Å²) >= 11 is 0. The fourth-order valence-corrected chi connectivity index (χ4v) is 3.53. The minimum absolute atomic E-state index is 0.161. The molecular formula is C20H22O9. The molecule has 0 bridgehead atoms. The van der Waals surface area contributed by atoms with Crippen molar-refractivity contribution >= 4 is 18.0 Å². The van der Waals surface area contributed by atoms with Crippen LogP contribution in [0.2, 0.25) is 0 Å². The van der Waals surface area contributed by atoms with Gasteiger partial charge in [-0.3, -0.25) is 0 Å². The van der Waals surface area contributed by atoms with E-state index in [-0.39, 0.29) is 17.1 Å². The van der Waals surface area contributed by atoms with Gasteiger partial charge in [0.1, 0.15) is 11.2 Å².